The first-order valence-electron chi connectivity index (χ1n) is 4.99. The number of nitrogens with one attached hydrogen (secondary N) is 1. The zero-order chi connectivity index (χ0) is 12.6. The highest BCUT2D eigenvalue weighted by molar-refractivity contribution is 6.31. The predicted molar refractivity (Wildman–Crippen MR) is 67.1 cm³/mol. The summed E-state index contributed by atoms with van der Waals surface area (Å²) in [5.74, 6) is -0.530. The molecule has 2 aromatic rings. The third-order valence-corrected chi connectivity index (χ3v) is 2.66. The van der Waals surface area contributed by atoms with Crippen molar-refractivity contribution in [2.75, 3.05) is 11.1 Å². The second kappa shape index (κ2) is 4.25. The molecule has 0 spiro atoms. The van der Waals surface area contributed by atoms with Crippen molar-refractivity contribution in [1.29, 1.82) is 0 Å². The van der Waals surface area contributed by atoms with Gasteiger partial charge in [0.1, 0.15) is 5.82 Å². The molecule has 0 amide bonds. The van der Waals surface area contributed by atoms with Crippen LogP contribution in [0.1, 0.15) is 5.69 Å². The number of aromatic nitrogens is 2. The van der Waals surface area contributed by atoms with Crippen LogP contribution in [-0.4, -0.2) is 9.78 Å². The molecular formula is C11H12ClFN4. The van der Waals surface area contributed by atoms with E-state index in [1.54, 1.807) is 4.68 Å². The van der Waals surface area contributed by atoms with Gasteiger partial charge in [-0.3, -0.25) is 4.68 Å². The quantitative estimate of drug-likeness (QED) is 0.811. The van der Waals surface area contributed by atoms with Gasteiger partial charge in [-0.15, -0.1) is 0 Å². The topological polar surface area (TPSA) is 55.9 Å². The largest absolute Gasteiger partial charge is 0.397 e. The summed E-state index contributed by atoms with van der Waals surface area (Å²) < 4.78 is 14.8. The standard InChI is InChI=1S/C11H12ClFN4/c1-6-11(5-17(2)16-6)15-10-3-7(12)8(13)4-9(10)14/h3-5,15H,14H2,1-2H3. The van der Waals surface area contributed by atoms with Gasteiger partial charge >= 0.3 is 0 Å². The van der Waals surface area contributed by atoms with Crippen LogP contribution >= 0.6 is 11.6 Å². The summed E-state index contributed by atoms with van der Waals surface area (Å²) in [5, 5.41) is 7.28. The van der Waals surface area contributed by atoms with E-state index in [0.29, 0.717) is 11.4 Å². The minimum Gasteiger partial charge on any atom is -0.397 e. The Morgan fingerprint density at radius 1 is 1.41 bits per heavy atom. The molecule has 0 atom stereocenters. The van der Waals surface area contributed by atoms with Crippen LogP contribution in [0.4, 0.5) is 21.5 Å². The van der Waals surface area contributed by atoms with E-state index in [1.165, 1.54) is 12.1 Å². The van der Waals surface area contributed by atoms with Crippen LogP contribution < -0.4 is 11.1 Å². The molecule has 0 bridgehead atoms. The molecule has 0 saturated heterocycles. The van der Waals surface area contributed by atoms with E-state index in [0.717, 1.165) is 11.4 Å². The second-order valence-electron chi connectivity index (χ2n) is 3.78. The molecule has 0 aliphatic rings. The van der Waals surface area contributed by atoms with Gasteiger partial charge in [0.2, 0.25) is 0 Å². The summed E-state index contributed by atoms with van der Waals surface area (Å²) in [4.78, 5) is 0. The fourth-order valence-corrected chi connectivity index (χ4v) is 1.70. The number of hydrogen-bond donors (Lipinski definition) is 2. The summed E-state index contributed by atoms with van der Waals surface area (Å²) in [7, 11) is 1.82. The van der Waals surface area contributed by atoms with Crippen molar-refractivity contribution in [3.05, 3.63) is 34.9 Å². The Morgan fingerprint density at radius 3 is 2.71 bits per heavy atom. The summed E-state index contributed by atoms with van der Waals surface area (Å²) in [6.07, 6.45) is 1.81. The van der Waals surface area contributed by atoms with Crippen LogP contribution in [0, 0.1) is 12.7 Å². The maximum absolute atomic E-state index is 13.1. The molecule has 1 aromatic carbocycles. The molecule has 0 aliphatic heterocycles. The molecule has 0 fully saturated rings. The van der Waals surface area contributed by atoms with Gasteiger partial charge in [0.25, 0.3) is 0 Å². The Labute approximate surface area is 103 Å². The lowest BCUT2D eigenvalue weighted by Gasteiger charge is -2.09. The predicted octanol–water partition coefficient (Wildman–Crippen LogP) is 2.85. The van der Waals surface area contributed by atoms with Gasteiger partial charge in [-0.05, 0) is 13.0 Å². The Morgan fingerprint density at radius 2 is 2.12 bits per heavy atom. The average molecular weight is 255 g/mol. The van der Waals surface area contributed by atoms with Crippen LogP contribution in [0.3, 0.4) is 0 Å². The number of nitrogens with two attached hydrogens (primary N) is 1. The molecule has 0 radical (unpaired) electrons. The van der Waals surface area contributed by atoms with Crippen molar-refractivity contribution < 1.29 is 4.39 Å². The van der Waals surface area contributed by atoms with E-state index in [-0.39, 0.29) is 5.02 Å². The SMILES string of the molecule is Cc1nn(C)cc1Nc1cc(Cl)c(F)cc1N. The van der Waals surface area contributed by atoms with Gasteiger partial charge in [0.15, 0.2) is 0 Å². The first-order chi connectivity index (χ1) is 7.97. The van der Waals surface area contributed by atoms with Gasteiger partial charge in [-0.2, -0.15) is 5.10 Å². The Bertz CT molecular complexity index is 565. The summed E-state index contributed by atoms with van der Waals surface area (Å²) >= 11 is 5.71. The number of hydrogen-bond acceptors (Lipinski definition) is 3. The zero-order valence-corrected chi connectivity index (χ0v) is 10.2. The third-order valence-electron chi connectivity index (χ3n) is 2.38. The summed E-state index contributed by atoms with van der Waals surface area (Å²) in [6.45, 7) is 1.86. The zero-order valence-electron chi connectivity index (χ0n) is 9.46. The van der Waals surface area contributed by atoms with Crippen molar-refractivity contribution in [2.24, 2.45) is 7.05 Å². The molecule has 17 heavy (non-hydrogen) atoms. The molecule has 0 aliphatic carbocycles. The maximum Gasteiger partial charge on any atom is 0.143 e. The lowest BCUT2D eigenvalue weighted by Crippen LogP contribution is -1.98. The van der Waals surface area contributed by atoms with Crippen molar-refractivity contribution in [3.63, 3.8) is 0 Å². The van der Waals surface area contributed by atoms with Crippen molar-refractivity contribution in [1.82, 2.24) is 9.78 Å². The molecule has 2 rings (SSSR count). The highest BCUT2D eigenvalue weighted by Gasteiger charge is 2.09. The monoisotopic (exact) mass is 254 g/mol. The normalized spacial score (nSPS) is 10.6. The molecule has 0 saturated carbocycles. The highest BCUT2D eigenvalue weighted by atomic mass is 35.5. The molecular weight excluding hydrogens is 243 g/mol. The fourth-order valence-electron chi connectivity index (χ4n) is 1.54. The first-order valence-corrected chi connectivity index (χ1v) is 5.37. The molecule has 90 valence electrons. The summed E-state index contributed by atoms with van der Waals surface area (Å²) in [5.41, 5.74) is 8.20. The molecule has 1 heterocycles. The minimum absolute atomic E-state index is 0.0308. The van der Waals surface area contributed by atoms with Crippen LogP contribution in [0.2, 0.25) is 5.02 Å². The van der Waals surface area contributed by atoms with E-state index in [9.17, 15) is 4.39 Å². The van der Waals surface area contributed by atoms with Gasteiger partial charge < -0.3 is 11.1 Å². The van der Waals surface area contributed by atoms with E-state index in [1.807, 2.05) is 20.2 Å². The number of benzene rings is 1. The smallest absolute Gasteiger partial charge is 0.143 e. The van der Waals surface area contributed by atoms with Crippen molar-refractivity contribution in [3.8, 4) is 0 Å². The Hall–Kier alpha value is -1.75. The van der Waals surface area contributed by atoms with Gasteiger partial charge in [0.05, 0.1) is 27.8 Å². The van der Waals surface area contributed by atoms with Gasteiger partial charge in [0, 0.05) is 19.3 Å². The molecule has 1 aromatic heterocycles. The first kappa shape index (κ1) is 11.7. The van der Waals surface area contributed by atoms with Crippen LogP contribution in [0.5, 0.6) is 0 Å². The lowest BCUT2D eigenvalue weighted by molar-refractivity contribution is 0.629. The fraction of sp³-hybridized carbons (Fsp3) is 0.182. The Kier molecular flexibility index (Phi) is 2.93. The van der Waals surface area contributed by atoms with Crippen LogP contribution in [0.15, 0.2) is 18.3 Å². The average Bonchev–Trinajstić information content (AvgIpc) is 2.54. The van der Waals surface area contributed by atoms with E-state index in [4.69, 9.17) is 17.3 Å². The van der Waals surface area contributed by atoms with E-state index < -0.39 is 5.82 Å². The minimum atomic E-state index is -0.530. The number of aryl methyl sites for hydroxylation is 2. The molecule has 0 unspecified atom stereocenters. The van der Waals surface area contributed by atoms with Crippen molar-refractivity contribution >= 4 is 28.7 Å². The Balaban J connectivity index is 2.36. The van der Waals surface area contributed by atoms with E-state index in [2.05, 4.69) is 10.4 Å². The number of halogens is 2. The summed E-state index contributed by atoms with van der Waals surface area (Å²) in [6, 6.07) is 2.65. The van der Waals surface area contributed by atoms with Gasteiger partial charge in [-0.25, -0.2) is 4.39 Å². The number of nitrogens with zero attached hydrogens (tertiary/aromatic N) is 2. The lowest BCUT2D eigenvalue weighted by atomic mass is 10.2. The van der Waals surface area contributed by atoms with Crippen LogP contribution in [-0.2, 0) is 7.05 Å². The molecule has 4 nitrogen and oxygen atoms in total. The van der Waals surface area contributed by atoms with Crippen LogP contribution in [0.25, 0.3) is 0 Å². The number of rotatable bonds is 2. The van der Waals surface area contributed by atoms with E-state index >= 15 is 0 Å². The number of anilines is 3. The highest BCUT2D eigenvalue weighted by Crippen LogP contribution is 2.29. The van der Waals surface area contributed by atoms with Gasteiger partial charge in [-0.1, -0.05) is 11.6 Å². The second-order valence-corrected chi connectivity index (χ2v) is 4.19. The molecule has 3 N–H and O–H groups in total. The maximum atomic E-state index is 13.1. The number of nitrogen functional groups attached to an aromatic ring is 1. The molecule has 6 heteroatoms. The third kappa shape index (κ3) is 2.34. The van der Waals surface area contributed by atoms with Crippen molar-refractivity contribution in [2.45, 2.75) is 6.92 Å².